The molecule has 0 amide bonds. The molecule has 0 bridgehead atoms. The van der Waals surface area contributed by atoms with Crippen molar-refractivity contribution in [2.75, 3.05) is 5.75 Å². The summed E-state index contributed by atoms with van der Waals surface area (Å²) in [5.41, 5.74) is 7.74. The molecule has 0 aliphatic heterocycles. The summed E-state index contributed by atoms with van der Waals surface area (Å²) in [6.45, 7) is 4.41. The molecule has 1 aromatic heterocycles. The Morgan fingerprint density at radius 1 is 1.26 bits per heavy atom. The lowest BCUT2D eigenvalue weighted by atomic mass is 10.2. The van der Waals surface area contributed by atoms with Gasteiger partial charge in [0.1, 0.15) is 0 Å². The van der Waals surface area contributed by atoms with Crippen LogP contribution >= 0.6 is 0 Å². The molecule has 0 aliphatic rings. The van der Waals surface area contributed by atoms with Crippen LogP contribution in [0.1, 0.15) is 19.4 Å². The second-order valence-electron chi connectivity index (χ2n) is 5.02. The van der Waals surface area contributed by atoms with E-state index in [4.69, 9.17) is 5.73 Å². The number of nitrogens with zero attached hydrogens (tertiary/aromatic N) is 1. The zero-order valence-corrected chi connectivity index (χ0v) is 12.2. The van der Waals surface area contributed by atoms with Crippen LogP contribution in [0.2, 0.25) is 0 Å². The summed E-state index contributed by atoms with van der Waals surface area (Å²) in [6.07, 6.45) is 1.93. The fourth-order valence-corrected chi connectivity index (χ4v) is 2.94. The van der Waals surface area contributed by atoms with Crippen molar-refractivity contribution in [2.45, 2.75) is 32.2 Å². The fourth-order valence-electron chi connectivity index (χ4n) is 2.01. The number of aryl methyl sites for hydroxylation is 1. The molecule has 0 unspecified atom stereocenters. The fraction of sp³-hybridized carbons (Fsp3) is 0.429. The van der Waals surface area contributed by atoms with E-state index in [1.54, 1.807) is 13.8 Å². The lowest BCUT2D eigenvalue weighted by molar-refractivity contribution is 0.581. The highest BCUT2D eigenvalue weighted by Crippen LogP contribution is 2.18. The molecule has 2 aromatic rings. The van der Waals surface area contributed by atoms with E-state index in [9.17, 15) is 8.42 Å². The van der Waals surface area contributed by atoms with Crippen LogP contribution < -0.4 is 5.73 Å². The van der Waals surface area contributed by atoms with Gasteiger partial charge < -0.3 is 10.3 Å². The molecular weight excluding hydrogens is 260 g/mol. The number of sulfone groups is 1. The van der Waals surface area contributed by atoms with Gasteiger partial charge in [0, 0.05) is 24.8 Å². The van der Waals surface area contributed by atoms with Gasteiger partial charge in [0.15, 0.2) is 9.84 Å². The maximum Gasteiger partial charge on any atom is 0.154 e. The van der Waals surface area contributed by atoms with E-state index >= 15 is 0 Å². The first-order valence-corrected chi connectivity index (χ1v) is 8.15. The molecule has 4 nitrogen and oxygen atoms in total. The van der Waals surface area contributed by atoms with E-state index in [0.717, 1.165) is 16.5 Å². The van der Waals surface area contributed by atoms with Crippen LogP contribution in [0.4, 0.5) is 0 Å². The van der Waals surface area contributed by atoms with Crippen LogP contribution in [-0.2, 0) is 22.9 Å². The van der Waals surface area contributed by atoms with Crippen LogP contribution in [0.25, 0.3) is 10.9 Å². The number of hydrogen-bond acceptors (Lipinski definition) is 3. The van der Waals surface area contributed by atoms with Gasteiger partial charge in [0.2, 0.25) is 0 Å². The van der Waals surface area contributed by atoms with E-state index in [1.165, 1.54) is 0 Å². The summed E-state index contributed by atoms with van der Waals surface area (Å²) in [4.78, 5) is 0. The second kappa shape index (κ2) is 5.35. The summed E-state index contributed by atoms with van der Waals surface area (Å²) < 4.78 is 25.7. The smallest absolute Gasteiger partial charge is 0.154 e. The van der Waals surface area contributed by atoms with Crippen LogP contribution in [0.3, 0.4) is 0 Å². The van der Waals surface area contributed by atoms with Gasteiger partial charge in [-0.05, 0) is 36.9 Å². The van der Waals surface area contributed by atoms with Gasteiger partial charge in [0.25, 0.3) is 0 Å². The first-order valence-electron chi connectivity index (χ1n) is 6.43. The van der Waals surface area contributed by atoms with Crippen molar-refractivity contribution in [3.8, 4) is 0 Å². The number of rotatable bonds is 5. The third-order valence-corrected chi connectivity index (χ3v) is 5.60. The van der Waals surface area contributed by atoms with Crippen molar-refractivity contribution in [3.05, 3.63) is 36.0 Å². The Labute approximate surface area is 114 Å². The van der Waals surface area contributed by atoms with Gasteiger partial charge in [-0.1, -0.05) is 12.1 Å². The van der Waals surface area contributed by atoms with Gasteiger partial charge in [0.05, 0.1) is 11.0 Å². The first kappa shape index (κ1) is 14.1. The lowest BCUT2D eigenvalue weighted by Gasteiger charge is -2.09. The van der Waals surface area contributed by atoms with E-state index in [1.807, 2.05) is 35.0 Å². The van der Waals surface area contributed by atoms with Crippen LogP contribution in [-0.4, -0.2) is 24.0 Å². The van der Waals surface area contributed by atoms with Crippen LogP contribution in [0, 0.1) is 0 Å². The van der Waals surface area contributed by atoms with Crippen molar-refractivity contribution >= 4 is 20.7 Å². The summed E-state index contributed by atoms with van der Waals surface area (Å²) >= 11 is 0. The van der Waals surface area contributed by atoms with Gasteiger partial charge in [-0.25, -0.2) is 8.42 Å². The molecule has 5 heteroatoms. The monoisotopic (exact) mass is 280 g/mol. The Morgan fingerprint density at radius 3 is 2.63 bits per heavy atom. The number of aromatic nitrogens is 1. The predicted molar refractivity (Wildman–Crippen MR) is 78.8 cm³/mol. The topological polar surface area (TPSA) is 65.1 Å². The molecule has 2 rings (SSSR count). The number of fused-ring (bicyclic) bond motifs is 1. The van der Waals surface area contributed by atoms with Crippen molar-refractivity contribution in [1.82, 2.24) is 4.57 Å². The van der Waals surface area contributed by atoms with Crippen molar-refractivity contribution in [2.24, 2.45) is 5.73 Å². The molecule has 0 fully saturated rings. The summed E-state index contributed by atoms with van der Waals surface area (Å²) in [5.74, 6) is 0.168. The minimum atomic E-state index is -3.00. The second-order valence-corrected chi connectivity index (χ2v) is 7.70. The Morgan fingerprint density at radius 2 is 2.00 bits per heavy atom. The zero-order valence-electron chi connectivity index (χ0n) is 11.3. The van der Waals surface area contributed by atoms with Crippen LogP contribution in [0.15, 0.2) is 30.5 Å². The minimum absolute atomic E-state index is 0.168. The standard InChI is InChI=1S/C14H20N2O2S/c1-11(2)19(17,18)8-7-16-6-5-13-4-3-12(10-15)9-14(13)16/h3-6,9,11H,7-8,10,15H2,1-2H3. The minimum Gasteiger partial charge on any atom is -0.346 e. The molecule has 104 valence electrons. The molecule has 0 spiro atoms. The average molecular weight is 280 g/mol. The molecule has 0 radical (unpaired) electrons. The lowest BCUT2D eigenvalue weighted by Crippen LogP contribution is -2.20. The number of nitrogens with two attached hydrogens (primary N) is 1. The average Bonchev–Trinajstić information content (AvgIpc) is 2.78. The molecule has 1 heterocycles. The predicted octanol–water partition coefficient (Wildman–Crippen LogP) is 1.92. The Bertz CT molecular complexity index is 672. The van der Waals surface area contributed by atoms with Gasteiger partial charge >= 0.3 is 0 Å². The molecule has 0 atom stereocenters. The van der Waals surface area contributed by atoms with Crippen LogP contribution in [0.5, 0.6) is 0 Å². The summed E-state index contributed by atoms with van der Waals surface area (Å²) in [5, 5.41) is 0.785. The normalized spacial score (nSPS) is 12.4. The summed E-state index contributed by atoms with van der Waals surface area (Å²) in [7, 11) is -3.00. The Kier molecular flexibility index (Phi) is 3.96. The quantitative estimate of drug-likeness (QED) is 0.910. The third-order valence-electron chi connectivity index (χ3n) is 3.41. The highest BCUT2D eigenvalue weighted by molar-refractivity contribution is 7.91. The molecule has 0 saturated carbocycles. The molecule has 0 aliphatic carbocycles. The van der Waals surface area contributed by atoms with Gasteiger partial charge in [-0.2, -0.15) is 0 Å². The zero-order chi connectivity index (χ0) is 14.0. The van der Waals surface area contributed by atoms with Crippen molar-refractivity contribution < 1.29 is 8.42 Å². The molecular formula is C14H20N2O2S. The molecule has 1 aromatic carbocycles. The van der Waals surface area contributed by atoms with Gasteiger partial charge in [-0.15, -0.1) is 0 Å². The summed E-state index contributed by atoms with van der Waals surface area (Å²) in [6, 6.07) is 8.04. The third kappa shape index (κ3) is 2.98. The van der Waals surface area contributed by atoms with Crippen molar-refractivity contribution in [1.29, 1.82) is 0 Å². The largest absolute Gasteiger partial charge is 0.346 e. The Hall–Kier alpha value is -1.33. The SMILES string of the molecule is CC(C)S(=O)(=O)CCn1ccc2ccc(CN)cc21. The first-order chi connectivity index (χ1) is 8.94. The number of hydrogen-bond donors (Lipinski definition) is 1. The number of benzene rings is 1. The van der Waals surface area contributed by atoms with E-state index in [-0.39, 0.29) is 11.0 Å². The molecule has 0 saturated heterocycles. The Balaban J connectivity index is 2.26. The maximum absolute atomic E-state index is 11.9. The van der Waals surface area contributed by atoms with E-state index < -0.39 is 9.84 Å². The maximum atomic E-state index is 11.9. The van der Waals surface area contributed by atoms with Crippen molar-refractivity contribution in [3.63, 3.8) is 0 Å². The van der Waals surface area contributed by atoms with E-state index in [2.05, 4.69) is 0 Å². The molecule has 2 N–H and O–H groups in total. The highest BCUT2D eigenvalue weighted by atomic mass is 32.2. The molecule has 19 heavy (non-hydrogen) atoms. The van der Waals surface area contributed by atoms with E-state index in [0.29, 0.717) is 13.1 Å². The van der Waals surface area contributed by atoms with Gasteiger partial charge in [-0.3, -0.25) is 0 Å². The highest BCUT2D eigenvalue weighted by Gasteiger charge is 2.16.